The van der Waals surface area contributed by atoms with Crippen LogP contribution < -0.4 is 10.6 Å². The molecule has 3 nitrogen and oxygen atoms in total. The Morgan fingerprint density at radius 2 is 1.83 bits per heavy atom. The number of alkyl halides is 3. The summed E-state index contributed by atoms with van der Waals surface area (Å²) in [5, 5.41) is 5.54. The van der Waals surface area contributed by atoms with Gasteiger partial charge < -0.3 is 10.6 Å². The van der Waals surface area contributed by atoms with Crippen LogP contribution in [0.1, 0.15) is 46.0 Å². The molecule has 1 aliphatic rings. The van der Waals surface area contributed by atoms with Gasteiger partial charge >= 0.3 is 6.18 Å². The Labute approximate surface area is 106 Å². The third-order valence-corrected chi connectivity index (χ3v) is 3.17. The molecule has 1 rings (SSSR count). The molecule has 0 bridgehead atoms. The van der Waals surface area contributed by atoms with Crippen molar-refractivity contribution in [3.63, 3.8) is 0 Å². The third-order valence-electron chi connectivity index (χ3n) is 3.17. The molecule has 1 fully saturated rings. The molecule has 106 valence electrons. The Balaban J connectivity index is 2.30. The minimum absolute atomic E-state index is 0.194. The van der Waals surface area contributed by atoms with Gasteiger partial charge in [-0.3, -0.25) is 4.79 Å². The van der Waals surface area contributed by atoms with E-state index in [-0.39, 0.29) is 11.9 Å². The molecule has 1 saturated carbocycles. The lowest BCUT2D eigenvalue weighted by molar-refractivity contribution is -0.140. The molecule has 0 spiro atoms. The summed E-state index contributed by atoms with van der Waals surface area (Å²) in [5.41, 5.74) is 0. The van der Waals surface area contributed by atoms with E-state index in [9.17, 15) is 18.0 Å². The Kier molecular flexibility index (Phi) is 5.44. The fourth-order valence-electron chi connectivity index (χ4n) is 2.30. The molecule has 0 aliphatic heterocycles. The van der Waals surface area contributed by atoms with Gasteiger partial charge in [-0.05, 0) is 26.7 Å². The van der Waals surface area contributed by atoms with Crippen molar-refractivity contribution in [2.24, 2.45) is 0 Å². The average Bonchev–Trinajstić information content (AvgIpc) is 2.66. The van der Waals surface area contributed by atoms with Crippen molar-refractivity contribution in [3.05, 3.63) is 0 Å². The van der Waals surface area contributed by atoms with Crippen molar-refractivity contribution in [1.29, 1.82) is 0 Å². The van der Waals surface area contributed by atoms with Gasteiger partial charge in [-0.15, -0.1) is 0 Å². The highest BCUT2D eigenvalue weighted by Gasteiger charge is 2.31. The quantitative estimate of drug-likeness (QED) is 0.802. The van der Waals surface area contributed by atoms with Gasteiger partial charge in [0.05, 0.1) is 12.5 Å². The van der Waals surface area contributed by atoms with E-state index in [1.54, 1.807) is 6.92 Å². The predicted molar refractivity (Wildman–Crippen MR) is 63.1 cm³/mol. The first-order valence-corrected chi connectivity index (χ1v) is 6.41. The molecule has 0 saturated heterocycles. The maximum Gasteiger partial charge on any atom is 0.390 e. The van der Waals surface area contributed by atoms with Crippen LogP contribution in [0.2, 0.25) is 0 Å². The van der Waals surface area contributed by atoms with Crippen LogP contribution in [0.5, 0.6) is 0 Å². The number of hydrogen-bond acceptors (Lipinski definition) is 2. The largest absolute Gasteiger partial charge is 0.390 e. The van der Waals surface area contributed by atoms with E-state index in [0.717, 1.165) is 25.7 Å². The highest BCUT2D eigenvalue weighted by atomic mass is 19.4. The van der Waals surface area contributed by atoms with Gasteiger partial charge in [-0.2, -0.15) is 13.2 Å². The minimum atomic E-state index is -4.20. The van der Waals surface area contributed by atoms with Crippen molar-refractivity contribution in [2.45, 2.75) is 70.3 Å². The molecule has 1 aliphatic carbocycles. The summed E-state index contributed by atoms with van der Waals surface area (Å²) in [6.07, 6.45) is -0.969. The van der Waals surface area contributed by atoms with Crippen LogP contribution in [0.25, 0.3) is 0 Å². The Morgan fingerprint density at radius 3 is 2.33 bits per heavy atom. The van der Waals surface area contributed by atoms with Gasteiger partial charge in [0.1, 0.15) is 0 Å². The van der Waals surface area contributed by atoms with Crippen LogP contribution >= 0.6 is 0 Å². The highest BCUT2D eigenvalue weighted by molar-refractivity contribution is 5.81. The summed E-state index contributed by atoms with van der Waals surface area (Å²) >= 11 is 0. The van der Waals surface area contributed by atoms with Gasteiger partial charge in [-0.1, -0.05) is 12.8 Å². The maximum atomic E-state index is 12.1. The van der Waals surface area contributed by atoms with Gasteiger partial charge in [0.25, 0.3) is 0 Å². The van der Waals surface area contributed by atoms with Crippen LogP contribution in [0.4, 0.5) is 13.2 Å². The molecule has 2 N–H and O–H groups in total. The normalized spacial score (nSPS) is 20.7. The summed E-state index contributed by atoms with van der Waals surface area (Å²) < 4.78 is 36.4. The number of rotatable bonds is 5. The molecule has 0 aromatic heterocycles. The van der Waals surface area contributed by atoms with Crippen LogP contribution in [-0.4, -0.2) is 30.2 Å². The average molecular weight is 266 g/mol. The second-order valence-electron chi connectivity index (χ2n) is 5.10. The number of carbonyl (C=O) groups excluding carboxylic acids is 1. The number of hydrogen-bond donors (Lipinski definition) is 2. The van der Waals surface area contributed by atoms with Gasteiger partial charge in [0.15, 0.2) is 0 Å². The number of amides is 1. The third kappa shape index (κ3) is 5.71. The predicted octanol–water partition coefficient (Wildman–Crippen LogP) is 2.36. The molecule has 2 unspecified atom stereocenters. The molecule has 1 amide bonds. The lowest BCUT2D eigenvalue weighted by Crippen LogP contribution is -2.49. The number of nitrogens with one attached hydrogen (secondary N) is 2. The molecule has 0 aromatic carbocycles. The van der Waals surface area contributed by atoms with Crippen LogP contribution in [0.3, 0.4) is 0 Å². The molecule has 18 heavy (non-hydrogen) atoms. The highest BCUT2D eigenvalue weighted by Crippen LogP contribution is 2.21. The second-order valence-corrected chi connectivity index (χ2v) is 5.10. The molecule has 6 heteroatoms. The fourth-order valence-corrected chi connectivity index (χ4v) is 2.30. The summed E-state index contributed by atoms with van der Waals surface area (Å²) in [4.78, 5) is 11.7. The zero-order valence-electron chi connectivity index (χ0n) is 10.8. The van der Waals surface area contributed by atoms with Crippen molar-refractivity contribution >= 4 is 5.91 Å². The molecular formula is C12H21F3N2O. The van der Waals surface area contributed by atoms with Gasteiger partial charge in [0, 0.05) is 12.1 Å². The Bertz CT molecular complexity index is 275. The van der Waals surface area contributed by atoms with Gasteiger partial charge in [0.2, 0.25) is 5.91 Å². The van der Waals surface area contributed by atoms with E-state index in [1.807, 2.05) is 0 Å². The zero-order valence-corrected chi connectivity index (χ0v) is 10.8. The zero-order chi connectivity index (χ0) is 13.8. The lowest BCUT2D eigenvalue weighted by Gasteiger charge is -2.22. The maximum absolute atomic E-state index is 12.1. The van der Waals surface area contributed by atoms with E-state index in [1.165, 1.54) is 6.92 Å². The first-order chi connectivity index (χ1) is 8.28. The molecule has 0 aromatic rings. The molecular weight excluding hydrogens is 245 g/mol. The standard InChI is InChI=1S/C12H21F3N2O/c1-8(7-12(13,14)15)16-9(2)11(18)17-10-5-3-4-6-10/h8-10,16H,3-7H2,1-2H3,(H,17,18). The van der Waals surface area contributed by atoms with E-state index in [2.05, 4.69) is 10.6 Å². The smallest absolute Gasteiger partial charge is 0.352 e. The van der Waals surface area contributed by atoms with Crippen molar-refractivity contribution in [1.82, 2.24) is 10.6 Å². The number of carbonyl (C=O) groups is 1. The van der Waals surface area contributed by atoms with Crippen LogP contribution in [-0.2, 0) is 4.79 Å². The van der Waals surface area contributed by atoms with Crippen LogP contribution in [0.15, 0.2) is 0 Å². The first kappa shape index (κ1) is 15.3. The van der Waals surface area contributed by atoms with E-state index in [0.29, 0.717) is 0 Å². The van der Waals surface area contributed by atoms with Crippen molar-refractivity contribution in [3.8, 4) is 0 Å². The topological polar surface area (TPSA) is 41.1 Å². The molecule has 0 radical (unpaired) electrons. The summed E-state index contributed by atoms with van der Waals surface area (Å²) in [6, 6.07) is -1.16. The van der Waals surface area contributed by atoms with Crippen molar-refractivity contribution in [2.75, 3.05) is 0 Å². The molecule has 2 atom stereocenters. The summed E-state index contributed by atoms with van der Waals surface area (Å²) in [6.45, 7) is 3.03. The monoisotopic (exact) mass is 266 g/mol. The SMILES string of the molecule is CC(CC(F)(F)F)NC(C)C(=O)NC1CCCC1. The van der Waals surface area contributed by atoms with E-state index in [4.69, 9.17) is 0 Å². The second kappa shape index (κ2) is 6.41. The Hall–Kier alpha value is -0.780. The minimum Gasteiger partial charge on any atom is -0.352 e. The number of halogens is 3. The summed E-state index contributed by atoms with van der Waals surface area (Å²) in [5.74, 6) is -0.212. The van der Waals surface area contributed by atoms with E-state index < -0.39 is 24.7 Å². The van der Waals surface area contributed by atoms with E-state index >= 15 is 0 Å². The first-order valence-electron chi connectivity index (χ1n) is 6.41. The Morgan fingerprint density at radius 1 is 1.28 bits per heavy atom. The lowest BCUT2D eigenvalue weighted by atomic mass is 10.1. The fraction of sp³-hybridized carbons (Fsp3) is 0.917. The van der Waals surface area contributed by atoms with Crippen LogP contribution in [0, 0.1) is 0 Å². The van der Waals surface area contributed by atoms with Gasteiger partial charge in [-0.25, -0.2) is 0 Å². The summed E-state index contributed by atoms with van der Waals surface area (Å²) in [7, 11) is 0. The van der Waals surface area contributed by atoms with Crippen molar-refractivity contribution < 1.29 is 18.0 Å². The molecule has 0 heterocycles.